The summed E-state index contributed by atoms with van der Waals surface area (Å²) in [6.07, 6.45) is 0.979. The number of thioether (sulfide) groups is 1. The summed E-state index contributed by atoms with van der Waals surface area (Å²) in [6, 6.07) is 10.4. The Morgan fingerprint density at radius 3 is 2.39 bits per heavy atom. The number of para-hydroxylation sites is 1. The number of nitrogens with zero attached hydrogens (tertiary/aromatic N) is 1. The maximum absolute atomic E-state index is 11.8. The molecule has 0 unspecified atom stereocenters. The van der Waals surface area contributed by atoms with Crippen molar-refractivity contribution in [2.75, 3.05) is 6.26 Å². The Morgan fingerprint density at radius 2 is 1.83 bits per heavy atom. The zero-order valence-electron chi connectivity index (χ0n) is 13.1. The molecule has 2 aromatic carbocycles. The normalized spacial score (nSPS) is 11.4. The fraction of sp³-hybridized carbons (Fsp3) is 0.250. The molecule has 0 fully saturated rings. The highest BCUT2D eigenvalue weighted by atomic mass is 32.2. The first-order valence-electron chi connectivity index (χ1n) is 6.86. The molecule has 0 atom stereocenters. The summed E-state index contributed by atoms with van der Waals surface area (Å²) in [4.78, 5) is 10.8. The topological polar surface area (TPSA) is 77.3 Å². The Bertz CT molecular complexity index is 860. The number of hydrogen-bond acceptors (Lipinski definition) is 5. The summed E-state index contributed by atoms with van der Waals surface area (Å²) in [5.41, 5.74) is 3.03. The van der Waals surface area contributed by atoms with Crippen molar-refractivity contribution in [1.82, 2.24) is 0 Å². The minimum atomic E-state index is -3.65. The molecule has 0 bridgehead atoms. The minimum Gasteiger partial charge on any atom is -0.258 e. The molecule has 2 rings (SSSR count). The summed E-state index contributed by atoms with van der Waals surface area (Å²) in [6.45, 7) is 4.03. The van der Waals surface area contributed by atoms with E-state index in [-0.39, 0.29) is 10.6 Å². The first-order chi connectivity index (χ1) is 10.7. The zero-order chi connectivity index (χ0) is 17.2. The van der Waals surface area contributed by atoms with Gasteiger partial charge in [0.1, 0.15) is 4.90 Å². The lowest BCUT2D eigenvalue weighted by Crippen LogP contribution is -2.03. The highest BCUT2D eigenvalue weighted by Gasteiger charge is 2.26. The Morgan fingerprint density at radius 1 is 1.13 bits per heavy atom. The molecule has 0 aliphatic carbocycles. The van der Waals surface area contributed by atoms with E-state index >= 15 is 0 Å². The number of aryl methyl sites for hydroxylation is 2. The van der Waals surface area contributed by atoms with E-state index in [1.54, 1.807) is 6.07 Å². The predicted octanol–water partition coefficient (Wildman–Crippen LogP) is 3.91. The molecular formula is C16H17NO4S2. The second-order valence-corrected chi connectivity index (χ2v) is 8.34. The van der Waals surface area contributed by atoms with E-state index in [4.69, 9.17) is 0 Å². The molecule has 0 spiro atoms. The van der Waals surface area contributed by atoms with Crippen LogP contribution in [-0.4, -0.2) is 19.6 Å². The summed E-state index contributed by atoms with van der Waals surface area (Å²) in [7, 11) is -3.65. The second-order valence-electron chi connectivity index (χ2n) is 5.34. The third kappa shape index (κ3) is 4.11. The fourth-order valence-corrected chi connectivity index (χ4v) is 4.08. The summed E-state index contributed by atoms with van der Waals surface area (Å²) in [5.74, 6) is 0.537. The van der Waals surface area contributed by atoms with Crippen LogP contribution in [0.15, 0.2) is 46.2 Å². The van der Waals surface area contributed by atoms with Crippen molar-refractivity contribution in [3.05, 3.63) is 63.2 Å². The molecule has 0 aliphatic rings. The van der Waals surface area contributed by atoms with Crippen molar-refractivity contribution in [3.8, 4) is 0 Å². The molecule has 0 N–H and O–H groups in total. The summed E-state index contributed by atoms with van der Waals surface area (Å²) < 4.78 is 23.5. The van der Waals surface area contributed by atoms with Crippen molar-refractivity contribution < 1.29 is 13.3 Å². The molecule has 2 aromatic rings. The van der Waals surface area contributed by atoms with Crippen molar-refractivity contribution in [1.29, 1.82) is 0 Å². The van der Waals surface area contributed by atoms with Crippen molar-refractivity contribution in [3.63, 3.8) is 0 Å². The van der Waals surface area contributed by atoms with E-state index in [0.717, 1.165) is 17.4 Å². The van der Waals surface area contributed by atoms with Gasteiger partial charge in [-0.1, -0.05) is 24.3 Å². The zero-order valence-corrected chi connectivity index (χ0v) is 14.7. The molecule has 0 aliphatic heterocycles. The van der Waals surface area contributed by atoms with Crippen LogP contribution in [0.25, 0.3) is 0 Å². The van der Waals surface area contributed by atoms with Crippen LogP contribution in [0.2, 0.25) is 0 Å². The molecule has 7 heteroatoms. The van der Waals surface area contributed by atoms with Crippen LogP contribution in [0.4, 0.5) is 5.69 Å². The van der Waals surface area contributed by atoms with Crippen molar-refractivity contribution >= 4 is 27.3 Å². The molecule has 5 nitrogen and oxygen atoms in total. The number of nitro benzene ring substituents is 1. The van der Waals surface area contributed by atoms with Gasteiger partial charge in [0.2, 0.25) is 0 Å². The lowest BCUT2D eigenvalue weighted by Gasteiger charge is -2.08. The first kappa shape index (κ1) is 17.5. The van der Waals surface area contributed by atoms with Gasteiger partial charge in [-0.25, -0.2) is 8.42 Å². The summed E-state index contributed by atoms with van der Waals surface area (Å²) in [5, 5.41) is 11.3. The van der Waals surface area contributed by atoms with Gasteiger partial charge in [0, 0.05) is 12.0 Å². The number of benzene rings is 2. The Hall–Kier alpha value is -1.86. The Labute approximate surface area is 139 Å². The van der Waals surface area contributed by atoms with Crippen LogP contribution in [0.5, 0.6) is 0 Å². The molecule has 0 amide bonds. The fourth-order valence-electron chi connectivity index (χ4n) is 2.15. The quantitative estimate of drug-likeness (QED) is 0.464. The maximum atomic E-state index is 11.8. The highest BCUT2D eigenvalue weighted by molar-refractivity contribution is 7.98. The van der Waals surface area contributed by atoms with Gasteiger partial charge in [0.25, 0.3) is 0 Å². The number of nitro groups is 1. The molecule has 0 heterocycles. The van der Waals surface area contributed by atoms with Gasteiger partial charge in [0.15, 0.2) is 9.84 Å². The van der Waals surface area contributed by atoms with Gasteiger partial charge in [-0.2, -0.15) is 0 Å². The molecule has 0 aromatic heterocycles. The molecule has 0 saturated heterocycles. The van der Waals surface area contributed by atoms with Gasteiger partial charge in [-0.3, -0.25) is 10.1 Å². The second kappa shape index (κ2) is 6.72. The van der Waals surface area contributed by atoms with Crippen LogP contribution in [0, 0.1) is 24.0 Å². The third-order valence-electron chi connectivity index (χ3n) is 3.51. The standard InChI is InChI=1S/C16H17NO4S2/c1-11-7-8-13(9-12(11)2)10-22-14-5-4-6-15(23(3,20)21)16(14)17(18)19/h4-9H,10H2,1-3H3. The predicted molar refractivity (Wildman–Crippen MR) is 91.7 cm³/mol. The Balaban J connectivity index is 2.36. The van der Waals surface area contributed by atoms with Gasteiger partial charge in [-0.15, -0.1) is 11.8 Å². The largest absolute Gasteiger partial charge is 0.301 e. The van der Waals surface area contributed by atoms with Crippen LogP contribution in [-0.2, 0) is 15.6 Å². The van der Waals surface area contributed by atoms with Gasteiger partial charge in [-0.05, 0) is 42.7 Å². The van der Waals surface area contributed by atoms with E-state index < -0.39 is 14.8 Å². The Kier molecular flexibility index (Phi) is 5.11. The lowest BCUT2D eigenvalue weighted by molar-refractivity contribution is -0.390. The van der Waals surface area contributed by atoms with Crippen LogP contribution in [0.1, 0.15) is 16.7 Å². The minimum absolute atomic E-state index is 0.243. The molecule has 0 saturated carbocycles. The average Bonchev–Trinajstić information content (AvgIpc) is 2.47. The highest BCUT2D eigenvalue weighted by Crippen LogP contribution is 2.36. The third-order valence-corrected chi connectivity index (χ3v) is 5.76. The average molecular weight is 351 g/mol. The van der Waals surface area contributed by atoms with E-state index in [2.05, 4.69) is 0 Å². The van der Waals surface area contributed by atoms with E-state index in [9.17, 15) is 18.5 Å². The molecule has 0 radical (unpaired) electrons. The van der Waals surface area contributed by atoms with Crippen LogP contribution in [0.3, 0.4) is 0 Å². The van der Waals surface area contributed by atoms with Gasteiger partial charge < -0.3 is 0 Å². The van der Waals surface area contributed by atoms with E-state index in [0.29, 0.717) is 10.6 Å². The van der Waals surface area contributed by atoms with Gasteiger partial charge in [0.05, 0.1) is 9.82 Å². The smallest absolute Gasteiger partial charge is 0.258 e. The molecular weight excluding hydrogens is 334 g/mol. The van der Waals surface area contributed by atoms with Crippen molar-refractivity contribution in [2.24, 2.45) is 0 Å². The number of rotatable bonds is 5. The van der Waals surface area contributed by atoms with Crippen LogP contribution >= 0.6 is 11.8 Å². The summed E-state index contributed by atoms with van der Waals surface area (Å²) >= 11 is 1.27. The van der Waals surface area contributed by atoms with Crippen molar-refractivity contribution in [2.45, 2.75) is 29.4 Å². The lowest BCUT2D eigenvalue weighted by atomic mass is 10.1. The number of sulfone groups is 1. The van der Waals surface area contributed by atoms with E-state index in [1.807, 2.05) is 32.0 Å². The monoisotopic (exact) mass is 351 g/mol. The maximum Gasteiger partial charge on any atom is 0.301 e. The van der Waals surface area contributed by atoms with E-state index in [1.165, 1.54) is 29.5 Å². The molecule has 122 valence electrons. The first-order valence-corrected chi connectivity index (χ1v) is 9.74. The van der Waals surface area contributed by atoms with Gasteiger partial charge >= 0.3 is 5.69 Å². The molecule has 23 heavy (non-hydrogen) atoms. The number of hydrogen-bond donors (Lipinski definition) is 0. The SMILES string of the molecule is Cc1ccc(CSc2cccc(S(C)(=O)=O)c2[N+](=O)[O-])cc1C. The van der Waals surface area contributed by atoms with Crippen LogP contribution < -0.4 is 0 Å².